The van der Waals surface area contributed by atoms with Gasteiger partial charge in [-0.15, -0.1) is 0 Å². The van der Waals surface area contributed by atoms with Gasteiger partial charge in [0.15, 0.2) is 0 Å². The number of hydrogen-bond acceptors (Lipinski definition) is 3. The van der Waals surface area contributed by atoms with Gasteiger partial charge in [-0.05, 0) is 32.3 Å². The molecular weight excluding hydrogens is 238 g/mol. The monoisotopic (exact) mass is 261 g/mol. The first kappa shape index (κ1) is 14.1. The van der Waals surface area contributed by atoms with Crippen LogP contribution in [0.1, 0.15) is 49.8 Å². The molecule has 104 valence electrons. The standard InChI is InChI=1S/C16H23NO2/c1-3-19-16(18)15(17-14-6-4-5-7-14)13-10-8-12(2)9-11-13/h8-11,14-15,17H,3-7H2,1-2H3. The molecule has 1 atom stereocenters. The van der Waals surface area contributed by atoms with E-state index in [9.17, 15) is 4.79 Å². The molecule has 1 aromatic rings. The minimum atomic E-state index is -0.330. The molecule has 0 heterocycles. The molecular formula is C16H23NO2. The van der Waals surface area contributed by atoms with E-state index in [2.05, 4.69) is 5.32 Å². The number of esters is 1. The van der Waals surface area contributed by atoms with E-state index < -0.39 is 0 Å². The van der Waals surface area contributed by atoms with Crippen LogP contribution in [0.25, 0.3) is 0 Å². The maximum absolute atomic E-state index is 12.1. The normalized spacial score (nSPS) is 17.4. The van der Waals surface area contributed by atoms with Crippen LogP contribution in [0.15, 0.2) is 24.3 Å². The molecule has 0 spiro atoms. The Morgan fingerprint density at radius 2 is 1.95 bits per heavy atom. The molecule has 0 radical (unpaired) electrons. The Hall–Kier alpha value is -1.35. The predicted molar refractivity (Wildman–Crippen MR) is 75.9 cm³/mol. The lowest BCUT2D eigenvalue weighted by molar-refractivity contribution is -0.146. The molecule has 0 saturated heterocycles. The molecule has 3 nitrogen and oxygen atoms in total. The molecule has 1 unspecified atom stereocenters. The Bertz CT molecular complexity index is 407. The molecule has 2 rings (SSSR count). The minimum absolute atomic E-state index is 0.168. The van der Waals surface area contributed by atoms with E-state index in [1.807, 2.05) is 38.1 Å². The summed E-state index contributed by atoms with van der Waals surface area (Å²) in [4.78, 5) is 12.1. The zero-order chi connectivity index (χ0) is 13.7. The van der Waals surface area contributed by atoms with E-state index in [0.717, 1.165) is 18.4 Å². The van der Waals surface area contributed by atoms with Crippen LogP contribution in [0.4, 0.5) is 0 Å². The van der Waals surface area contributed by atoms with E-state index in [4.69, 9.17) is 4.74 Å². The number of ether oxygens (including phenoxy) is 1. The number of hydrogen-bond donors (Lipinski definition) is 1. The Morgan fingerprint density at radius 3 is 2.53 bits per heavy atom. The number of aryl methyl sites for hydroxylation is 1. The molecule has 0 amide bonds. The lowest BCUT2D eigenvalue weighted by atomic mass is 10.0. The first-order chi connectivity index (χ1) is 9.20. The van der Waals surface area contributed by atoms with Crippen LogP contribution in [0.5, 0.6) is 0 Å². The van der Waals surface area contributed by atoms with Crippen LogP contribution in [0.3, 0.4) is 0 Å². The summed E-state index contributed by atoms with van der Waals surface area (Å²) in [7, 11) is 0. The van der Waals surface area contributed by atoms with Crippen LogP contribution < -0.4 is 5.32 Å². The van der Waals surface area contributed by atoms with E-state index in [1.54, 1.807) is 0 Å². The third-order valence-corrected chi connectivity index (χ3v) is 3.69. The number of nitrogens with one attached hydrogen (secondary N) is 1. The van der Waals surface area contributed by atoms with E-state index in [-0.39, 0.29) is 12.0 Å². The van der Waals surface area contributed by atoms with Crippen molar-refractivity contribution >= 4 is 5.97 Å². The van der Waals surface area contributed by atoms with Crippen LogP contribution >= 0.6 is 0 Å². The Kier molecular flexibility index (Phi) is 4.97. The van der Waals surface area contributed by atoms with Crippen LogP contribution in [-0.2, 0) is 9.53 Å². The molecule has 1 N–H and O–H groups in total. The highest BCUT2D eigenvalue weighted by molar-refractivity contribution is 5.77. The van der Waals surface area contributed by atoms with E-state index in [0.29, 0.717) is 12.6 Å². The van der Waals surface area contributed by atoms with Crippen molar-refractivity contribution in [3.8, 4) is 0 Å². The average molecular weight is 261 g/mol. The highest BCUT2D eigenvalue weighted by Gasteiger charge is 2.26. The van der Waals surface area contributed by atoms with Crippen molar-refractivity contribution < 1.29 is 9.53 Å². The highest BCUT2D eigenvalue weighted by atomic mass is 16.5. The van der Waals surface area contributed by atoms with Gasteiger partial charge in [0, 0.05) is 6.04 Å². The number of carbonyl (C=O) groups excluding carboxylic acids is 1. The fourth-order valence-electron chi connectivity index (χ4n) is 2.61. The molecule has 0 aromatic heterocycles. The average Bonchev–Trinajstić information content (AvgIpc) is 2.90. The summed E-state index contributed by atoms with van der Waals surface area (Å²) in [6.45, 7) is 4.32. The van der Waals surface area contributed by atoms with Gasteiger partial charge in [0.05, 0.1) is 6.61 Å². The lowest BCUT2D eigenvalue weighted by Gasteiger charge is -2.22. The zero-order valence-corrected chi connectivity index (χ0v) is 11.8. The van der Waals surface area contributed by atoms with Gasteiger partial charge in [-0.2, -0.15) is 0 Å². The van der Waals surface area contributed by atoms with Crippen molar-refractivity contribution in [1.82, 2.24) is 5.32 Å². The summed E-state index contributed by atoms with van der Waals surface area (Å²) >= 11 is 0. The molecule has 1 aliphatic carbocycles. The first-order valence-electron chi connectivity index (χ1n) is 7.20. The van der Waals surface area contributed by atoms with Crippen molar-refractivity contribution in [3.05, 3.63) is 35.4 Å². The smallest absolute Gasteiger partial charge is 0.327 e. The molecule has 1 saturated carbocycles. The topological polar surface area (TPSA) is 38.3 Å². The summed E-state index contributed by atoms with van der Waals surface area (Å²) in [6, 6.07) is 8.22. The Balaban J connectivity index is 2.12. The molecule has 1 fully saturated rings. The van der Waals surface area contributed by atoms with Gasteiger partial charge in [0.25, 0.3) is 0 Å². The number of benzene rings is 1. The first-order valence-corrected chi connectivity index (χ1v) is 7.20. The highest BCUT2D eigenvalue weighted by Crippen LogP contribution is 2.23. The van der Waals surface area contributed by atoms with Crippen LogP contribution in [-0.4, -0.2) is 18.6 Å². The van der Waals surface area contributed by atoms with Crippen molar-refractivity contribution in [2.45, 2.75) is 51.6 Å². The van der Waals surface area contributed by atoms with Crippen molar-refractivity contribution in [2.24, 2.45) is 0 Å². The van der Waals surface area contributed by atoms with Gasteiger partial charge >= 0.3 is 5.97 Å². The van der Waals surface area contributed by atoms with Gasteiger partial charge in [-0.3, -0.25) is 5.32 Å². The van der Waals surface area contributed by atoms with Crippen molar-refractivity contribution in [2.75, 3.05) is 6.61 Å². The minimum Gasteiger partial charge on any atom is -0.465 e. The van der Waals surface area contributed by atoms with Crippen LogP contribution in [0, 0.1) is 6.92 Å². The second-order valence-corrected chi connectivity index (χ2v) is 5.24. The summed E-state index contributed by atoms with van der Waals surface area (Å²) in [6.07, 6.45) is 4.81. The summed E-state index contributed by atoms with van der Waals surface area (Å²) < 4.78 is 5.20. The van der Waals surface area contributed by atoms with Gasteiger partial charge in [-0.25, -0.2) is 4.79 Å². The quantitative estimate of drug-likeness (QED) is 0.828. The molecule has 1 aromatic carbocycles. The van der Waals surface area contributed by atoms with Crippen molar-refractivity contribution in [1.29, 1.82) is 0 Å². The SMILES string of the molecule is CCOC(=O)C(NC1CCCC1)c1ccc(C)cc1. The maximum Gasteiger partial charge on any atom is 0.327 e. The molecule has 1 aliphatic rings. The molecule has 0 aliphatic heterocycles. The summed E-state index contributed by atoms with van der Waals surface area (Å²) in [5.41, 5.74) is 2.20. The molecule has 0 bridgehead atoms. The zero-order valence-electron chi connectivity index (χ0n) is 11.8. The van der Waals surface area contributed by atoms with E-state index in [1.165, 1.54) is 18.4 Å². The lowest BCUT2D eigenvalue weighted by Crippen LogP contribution is -2.36. The second-order valence-electron chi connectivity index (χ2n) is 5.24. The number of carbonyl (C=O) groups is 1. The van der Waals surface area contributed by atoms with E-state index >= 15 is 0 Å². The van der Waals surface area contributed by atoms with Crippen LogP contribution in [0.2, 0.25) is 0 Å². The van der Waals surface area contributed by atoms with Gasteiger partial charge in [-0.1, -0.05) is 42.7 Å². The third kappa shape index (κ3) is 3.80. The summed E-state index contributed by atoms with van der Waals surface area (Å²) in [5, 5.41) is 3.46. The van der Waals surface area contributed by atoms with Gasteiger partial charge in [0.1, 0.15) is 6.04 Å². The maximum atomic E-state index is 12.1. The Morgan fingerprint density at radius 1 is 1.32 bits per heavy atom. The fourth-order valence-corrected chi connectivity index (χ4v) is 2.61. The second kappa shape index (κ2) is 6.71. The summed E-state index contributed by atoms with van der Waals surface area (Å²) in [5.74, 6) is -0.168. The largest absolute Gasteiger partial charge is 0.465 e. The molecule has 19 heavy (non-hydrogen) atoms. The third-order valence-electron chi connectivity index (χ3n) is 3.69. The molecule has 3 heteroatoms. The van der Waals surface area contributed by atoms with Gasteiger partial charge in [0.2, 0.25) is 0 Å². The fraction of sp³-hybridized carbons (Fsp3) is 0.562. The van der Waals surface area contributed by atoms with Gasteiger partial charge < -0.3 is 4.74 Å². The number of rotatable bonds is 5. The predicted octanol–water partition coefficient (Wildman–Crippen LogP) is 3.13. The van der Waals surface area contributed by atoms with Crippen molar-refractivity contribution in [3.63, 3.8) is 0 Å². The Labute approximate surface area is 115 Å².